The fourth-order valence-electron chi connectivity index (χ4n) is 0.534. The van der Waals surface area contributed by atoms with Crippen molar-refractivity contribution in [2.75, 3.05) is 5.43 Å². The van der Waals surface area contributed by atoms with Gasteiger partial charge in [0.1, 0.15) is 0 Å². The predicted octanol–water partition coefficient (Wildman–Crippen LogP) is -5.02. The van der Waals surface area contributed by atoms with Crippen molar-refractivity contribution in [3.63, 3.8) is 0 Å². The molecule has 0 aliphatic carbocycles. The number of anilines is 1. The summed E-state index contributed by atoms with van der Waals surface area (Å²) >= 11 is 0. The zero-order chi connectivity index (χ0) is 5.82. The van der Waals surface area contributed by atoms with Crippen LogP contribution in [0.2, 0.25) is 0 Å². The quantitative estimate of drug-likeness (QED) is 0.290. The SMILES string of the molecule is NNc1ccccc1.[Cl-].[Cl-].[Fe+2]. The average Bonchev–Trinajstić information content (AvgIpc) is 1.90. The Morgan fingerprint density at radius 1 is 1.00 bits per heavy atom. The molecule has 1 aromatic rings. The molecular formula is C6H8Cl2FeN2. The normalized spacial score (nSPS) is 6.27. The Balaban J connectivity index is -0.000000213. The molecule has 3 N–H and O–H groups in total. The zero-order valence-corrected chi connectivity index (χ0v) is 8.19. The van der Waals surface area contributed by atoms with Gasteiger partial charge in [-0.05, 0) is 12.1 Å². The van der Waals surface area contributed by atoms with Crippen LogP contribution in [0.25, 0.3) is 0 Å². The number of benzene rings is 1. The maximum Gasteiger partial charge on any atom is 2.00 e. The third kappa shape index (κ3) is 6.48. The second-order valence-electron chi connectivity index (χ2n) is 1.51. The van der Waals surface area contributed by atoms with E-state index in [0.717, 1.165) is 5.69 Å². The van der Waals surface area contributed by atoms with Gasteiger partial charge in [0.2, 0.25) is 0 Å². The third-order valence-electron chi connectivity index (χ3n) is 0.940. The molecule has 0 radical (unpaired) electrons. The molecule has 64 valence electrons. The van der Waals surface area contributed by atoms with E-state index < -0.39 is 0 Å². The van der Waals surface area contributed by atoms with Crippen molar-refractivity contribution in [3.8, 4) is 0 Å². The number of hydrogen-bond acceptors (Lipinski definition) is 2. The van der Waals surface area contributed by atoms with Gasteiger partial charge < -0.3 is 30.2 Å². The van der Waals surface area contributed by atoms with E-state index in [1.54, 1.807) is 0 Å². The first-order valence-corrected chi connectivity index (χ1v) is 2.45. The third-order valence-corrected chi connectivity index (χ3v) is 0.940. The first-order chi connectivity index (χ1) is 3.93. The van der Waals surface area contributed by atoms with E-state index in [9.17, 15) is 0 Å². The standard InChI is InChI=1S/C6H8N2.2ClH.Fe/c7-8-6-4-2-1-3-5-6;;;/h1-5,8H,7H2;2*1H;/q;;;+2/p-2. The Labute approximate surface area is 89.2 Å². The van der Waals surface area contributed by atoms with Crippen molar-refractivity contribution >= 4 is 5.69 Å². The molecule has 1 rings (SSSR count). The van der Waals surface area contributed by atoms with E-state index in [-0.39, 0.29) is 41.9 Å². The number of hydrazine groups is 1. The summed E-state index contributed by atoms with van der Waals surface area (Å²) in [4.78, 5) is 0. The minimum absolute atomic E-state index is 0. The number of halogens is 2. The molecule has 0 spiro atoms. The van der Waals surface area contributed by atoms with Crippen LogP contribution in [0.15, 0.2) is 30.3 Å². The minimum Gasteiger partial charge on any atom is -1.00 e. The molecular weight excluding hydrogens is 227 g/mol. The molecule has 0 atom stereocenters. The summed E-state index contributed by atoms with van der Waals surface area (Å²) in [5, 5.41) is 0. The molecule has 0 aliphatic rings. The molecule has 1 aromatic carbocycles. The van der Waals surface area contributed by atoms with Crippen molar-refractivity contribution in [1.82, 2.24) is 0 Å². The first-order valence-electron chi connectivity index (χ1n) is 2.45. The second-order valence-corrected chi connectivity index (χ2v) is 1.51. The van der Waals surface area contributed by atoms with Crippen molar-refractivity contribution in [3.05, 3.63) is 30.3 Å². The van der Waals surface area contributed by atoms with Crippen LogP contribution in [0.1, 0.15) is 0 Å². The van der Waals surface area contributed by atoms with E-state index in [1.807, 2.05) is 30.3 Å². The van der Waals surface area contributed by atoms with Gasteiger partial charge in [-0.1, -0.05) is 18.2 Å². The molecule has 0 saturated carbocycles. The Bertz CT molecular complexity index is 160. The molecule has 0 heterocycles. The van der Waals surface area contributed by atoms with E-state index in [2.05, 4.69) is 5.43 Å². The summed E-state index contributed by atoms with van der Waals surface area (Å²) in [5.41, 5.74) is 3.46. The summed E-state index contributed by atoms with van der Waals surface area (Å²) in [5.74, 6) is 5.10. The second kappa shape index (κ2) is 10.1. The van der Waals surface area contributed by atoms with Crippen LogP contribution >= 0.6 is 0 Å². The number of nitrogens with two attached hydrogens (primary N) is 1. The Hall–Kier alpha value is 0.0795. The minimum atomic E-state index is 0. The molecule has 0 unspecified atom stereocenters. The topological polar surface area (TPSA) is 38.0 Å². The maximum absolute atomic E-state index is 5.10. The molecule has 0 aliphatic heterocycles. The number of nitrogens with one attached hydrogen (secondary N) is 1. The van der Waals surface area contributed by atoms with Gasteiger partial charge in [-0.15, -0.1) is 0 Å². The molecule has 0 fully saturated rings. The molecule has 5 heteroatoms. The molecule has 2 nitrogen and oxygen atoms in total. The van der Waals surface area contributed by atoms with Crippen LogP contribution in [0.4, 0.5) is 5.69 Å². The van der Waals surface area contributed by atoms with Gasteiger partial charge in [-0.2, -0.15) is 0 Å². The monoisotopic (exact) mass is 234 g/mol. The van der Waals surface area contributed by atoms with Crippen LogP contribution in [-0.4, -0.2) is 0 Å². The van der Waals surface area contributed by atoms with E-state index >= 15 is 0 Å². The Kier molecular flexibility index (Phi) is 15.8. The Morgan fingerprint density at radius 3 is 1.73 bits per heavy atom. The molecule has 0 amide bonds. The summed E-state index contributed by atoms with van der Waals surface area (Å²) in [6, 6.07) is 9.60. The first kappa shape index (κ1) is 17.2. The van der Waals surface area contributed by atoms with Gasteiger partial charge in [-0.3, -0.25) is 5.84 Å². The van der Waals surface area contributed by atoms with E-state index in [4.69, 9.17) is 5.84 Å². The van der Waals surface area contributed by atoms with Crippen LogP contribution in [-0.2, 0) is 17.1 Å². The van der Waals surface area contributed by atoms with Crippen molar-refractivity contribution in [2.24, 2.45) is 5.84 Å². The van der Waals surface area contributed by atoms with Crippen molar-refractivity contribution in [1.29, 1.82) is 0 Å². The van der Waals surface area contributed by atoms with Crippen molar-refractivity contribution in [2.45, 2.75) is 0 Å². The summed E-state index contributed by atoms with van der Waals surface area (Å²) in [6.07, 6.45) is 0. The number of nitrogen functional groups attached to an aromatic ring is 1. The maximum atomic E-state index is 5.10. The fraction of sp³-hybridized carbons (Fsp3) is 0. The smallest absolute Gasteiger partial charge is 1.00 e. The summed E-state index contributed by atoms with van der Waals surface area (Å²) in [7, 11) is 0. The molecule has 0 aromatic heterocycles. The number of hydrogen-bond donors (Lipinski definition) is 2. The van der Waals surface area contributed by atoms with Gasteiger partial charge in [-0.25, -0.2) is 0 Å². The van der Waals surface area contributed by atoms with Crippen LogP contribution in [0, 0.1) is 0 Å². The predicted molar refractivity (Wildman–Crippen MR) is 34.3 cm³/mol. The van der Waals surface area contributed by atoms with Gasteiger partial charge in [0, 0.05) is 5.69 Å². The largest absolute Gasteiger partial charge is 2.00 e. The molecule has 11 heavy (non-hydrogen) atoms. The van der Waals surface area contributed by atoms with E-state index in [1.165, 1.54) is 0 Å². The van der Waals surface area contributed by atoms with Gasteiger partial charge >= 0.3 is 17.1 Å². The van der Waals surface area contributed by atoms with Gasteiger partial charge in [0.25, 0.3) is 0 Å². The molecule has 0 bridgehead atoms. The number of para-hydroxylation sites is 1. The van der Waals surface area contributed by atoms with E-state index in [0.29, 0.717) is 0 Å². The van der Waals surface area contributed by atoms with Gasteiger partial charge in [0.15, 0.2) is 0 Å². The molecule has 0 saturated heterocycles. The van der Waals surface area contributed by atoms with Crippen LogP contribution in [0.5, 0.6) is 0 Å². The van der Waals surface area contributed by atoms with Crippen molar-refractivity contribution < 1.29 is 41.9 Å². The summed E-state index contributed by atoms with van der Waals surface area (Å²) < 4.78 is 0. The zero-order valence-electron chi connectivity index (χ0n) is 5.57. The number of rotatable bonds is 1. The fourth-order valence-corrected chi connectivity index (χ4v) is 0.534. The van der Waals surface area contributed by atoms with Crippen LogP contribution in [0.3, 0.4) is 0 Å². The van der Waals surface area contributed by atoms with Gasteiger partial charge in [0.05, 0.1) is 0 Å². The Morgan fingerprint density at radius 2 is 1.45 bits per heavy atom. The average molecular weight is 235 g/mol. The van der Waals surface area contributed by atoms with Crippen LogP contribution < -0.4 is 36.1 Å². The summed E-state index contributed by atoms with van der Waals surface area (Å²) in [6.45, 7) is 0.